The van der Waals surface area contributed by atoms with E-state index in [2.05, 4.69) is 10.6 Å². The van der Waals surface area contributed by atoms with Crippen LogP contribution in [0, 0.1) is 17.8 Å². The van der Waals surface area contributed by atoms with Gasteiger partial charge in [-0.15, -0.1) is 0 Å². The third kappa shape index (κ3) is 2.35. The van der Waals surface area contributed by atoms with E-state index in [9.17, 15) is 4.79 Å². The maximum absolute atomic E-state index is 12.1. The molecule has 3 aliphatic rings. The Morgan fingerprint density at radius 1 is 1.06 bits per heavy atom. The molecule has 3 nitrogen and oxygen atoms in total. The predicted octanol–water partition coefficient (Wildman–Crippen LogP) is 1.68. The van der Waals surface area contributed by atoms with Crippen LogP contribution in [0.1, 0.15) is 44.9 Å². The van der Waals surface area contributed by atoms with Gasteiger partial charge in [-0.25, -0.2) is 0 Å². The lowest BCUT2D eigenvalue weighted by Crippen LogP contribution is -2.55. The van der Waals surface area contributed by atoms with Crippen LogP contribution in [0.5, 0.6) is 0 Å². The molecule has 3 heteroatoms. The minimum Gasteiger partial charge on any atom is -0.353 e. The normalized spacial score (nSPS) is 38.0. The summed E-state index contributed by atoms with van der Waals surface area (Å²) in [6.45, 7) is 2.02. The Morgan fingerprint density at radius 2 is 1.82 bits per heavy atom. The summed E-state index contributed by atoms with van der Waals surface area (Å²) >= 11 is 0. The van der Waals surface area contributed by atoms with Crippen molar-refractivity contribution in [3.05, 3.63) is 0 Å². The lowest BCUT2D eigenvalue weighted by Gasteiger charge is -2.48. The van der Waals surface area contributed by atoms with E-state index < -0.39 is 0 Å². The number of fused-ring (bicyclic) bond motifs is 1. The highest BCUT2D eigenvalue weighted by Crippen LogP contribution is 2.45. The molecule has 1 saturated heterocycles. The topological polar surface area (TPSA) is 41.1 Å². The molecule has 1 heterocycles. The largest absolute Gasteiger partial charge is 0.353 e. The lowest BCUT2D eigenvalue weighted by atomic mass is 9.62. The number of hydrogen-bond acceptors (Lipinski definition) is 2. The second kappa shape index (κ2) is 4.97. The van der Waals surface area contributed by atoms with Gasteiger partial charge in [0.25, 0.3) is 0 Å². The van der Waals surface area contributed by atoms with Gasteiger partial charge in [0.2, 0.25) is 5.91 Å². The molecule has 0 radical (unpaired) electrons. The van der Waals surface area contributed by atoms with Crippen molar-refractivity contribution >= 4 is 5.91 Å². The van der Waals surface area contributed by atoms with Gasteiger partial charge in [0.1, 0.15) is 0 Å². The van der Waals surface area contributed by atoms with Gasteiger partial charge in [-0.05, 0) is 50.6 Å². The van der Waals surface area contributed by atoms with Gasteiger partial charge >= 0.3 is 0 Å². The molecule has 0 bridgehead atoms. The highest BCUT2D eigenvalue weighted by molar-refractivity contribution is 5.79. The minimum absolute atomic E-state index is 0.277. The van der Waals surface area contributed by atoms with E-state index in [0.29, 0.717) is 11.9 Å². The molecular weight excluding hydrogens is 212 g/mol. The van der Waals surface area contributed by atoms with Crippen molar-refractivity contribution in [1.29, 1.82) is 0 Å². The summed E-state index contributed by atoms with van der Waals surface area (Å²) in [7, 11) is 0. The van der Waals surface area contributed by atoms with E-state index in [1.54, 1.807) is 0 Å². The molecule has 1 aliphatic heterocycles. The fourth-order valence-corrected chi connectivity index (χ4v) is 3.91. The van der Waals surface area contributed by atoms with E-state index in [0.717, 1.165) is 37.8 Å². The Hall–Kier alpha value is -0.570. The van der Waals surface area contributed by atoms with Gasteiger partial charge in [-0.3, -0.25) is 4.79 Å². The third-order valence-corrected chi connectivity index (χ3v) is 5.08. The highest BCUT2D eigenvalue weighted by Gasteiger charge is 2.43. The van der Waals surface area contributed by atoms with Crippen LogP contribution in [0.4, 0.5) is 0 Å². The van der Waals surface area contributed by atoms with E-state index in [1.807, 2.05) is 0 Å². The molecule has 2 aliphatic carbocycles. The van der Waals surface area contributed by atoms with E-state index in [-0.39, 0.29) is 5.92 Å². The van der Waals surface area contributed by atoms with Crippen LogP contribution in [-0.4, -0.2) is 25.0 Å². The Labute approximate surface area is 104 Å². The zero-order valence-corrected chi connectivity index (χ0v) is 10.6. The predicted molar refractivity (Wildman–Crippen MR) is 67.6 cm³/mol. The number of piperidine rings is 1. The third-order valence-electron chi connectivity index (χ3n) is 5.08. The number of hydrogen-bond donors (Lipinski definition) is 2. The molecule has 3 atom stereocenters. The average molecular weight is 236 g/mol. The SMILES string of the molecule is O=C(NC1CC2CCCCC21)C1CCNCC1. The van der Waals surface area contributed by atoms with Crippen LogP contribution in [0.15, 0.2) is 0 Å². The van der Waals surface area contributed by atoms with E-state index >= 15 is 0 Å². The van der Waals surface area contributed by atoms with Crippen LogP contribution >= 0.6 is 0 Å². The highest BCUT2D eigenvalue weighted by atomic mass is 16.2. The Morgan fingerprint density at radius 3 is 2.59 bits per heavy atom. The van der Waals surface area contributed by atoms with Crippen molar-refractivity contribution in [1.82, 2.24) is 10.6 Å². The quantitative estimate of drug-likeness (QED) is 0.766. The van der Waals surface area contributed by atoms with Gasteiger partial charge in [-0.1, -0.05) is 19.3 Å². The minimum atomic E-state index is 0.277. The molecule has 3 fully saturated rings. The number of amides is 1. The fourth-order valence-electron chi connectivity index (χ4n) is 3.91. The van der Waals surface area contributed by atoms with Gasteiger partial charge in [0, 0.05) is 12.0 Å². The zero-order valence-electron chi connectivity index (χ0n) is 10.6. The summed E-state index contributed by atoms with van der Waals surface area (Å²) in [6.07, 6.45) is 8.84. The van der Waals surface area contributed by atoms with Crippen molar-refractivity contribution in [3.63, 3.8) is 0 Å². The molecule has 3 rings (SSSR count). The first-order valence-corrected chi connectivity index (χ1v) is 7.35. The van der Waals surface area contributed by atoms with Crippen molar-refractivity contribution in [2.75, 3.05) is 13.1 Å². The molecule has 1 amide bonds. The van der Waals surface area contributed by atoms with Crippen LogP contribution in [0.3, 0.4) is 0 Å². The summed E-state index contributed by atoms with van der Waals surface area (Å²) in [4.78, 5) is 12.1. The van der Waals surface area contributed by atoms with Gasteiger partial charge in [-0.2, -0.15) is 0 Å². The summed E-state index contributed by atoms with van der Waals surface area (Å²) in [5.74, 6) is 2.36. The first-order chi connectivity index (χ1) is 8.34. The molecule has 96 valence electrons. The van der Waals surface area contributed by atoms with Crippen molar-refractivity contribution < 1.29 is 4.79 Å². The number of carbonyl (C=O) groups excluding carboxylic acids is 1. The number of rotatable bonds is 2. The first-order valence-electron chi connectivity index (χ1n) is 7.35. The zero-order chi connectivity index (χ0) is 11.7. The molecule has 0 spiro atoms. The van der Waals surface area contributed by atoms with Crippen molar-refractivity contribution in [2.45, 2.75) is 51.0 Å². The first kappa shape index (κ1) is 11.5. The van der Waals surface area contributed by atoms with E-state index in [4.69, 9.17) is 0 Å². The summed E-state index contributed by atoms with van der Waals surface area (Å²) in [6, 6.07) is 0.516. The van der Waals surface area contributed by atoms with Gasteiger partial charge < -0.3 is 10.6 Å². The van der Waals surface area contributed by atoms with Crippen LogP contribution in [0.2, 0.25) is 0 Å². The van der Waals surface area contributed by atoms with Crippen LogP contribution < -0.4 is 10.6 Å². The van der Waals surface area contributed by atoms with Crippen molar-refractivity contribution in [3.8, 4) is 0 Å². The summed E-state index contributed by atoms with van der Waals surface area (Å²) < 4.78 is 0. The molecule has 2 saturated carbocycles. The molecule has 0 aromatic carbocycles. The Balaban J connectivity index is 1.48. The molecule has 0 aromatic rings. The lowest BCUT2D eigenvalue weighted by molar-refractivity contribution is -0.128. The second-order valence-corrected chi connectivity index (χ2v) is 6.08. The van der Waals surface area contributed by atoms with E-state index in [1.165, 1.54) is 32.1 Å². The number of nitrogens with one attached hydrogen (secondary N) is 2. The maximum atomic E-state index is 12.1. The molecule has 3 unspecified atom stereocenters. The molecule has 2 N–H and O–H groups in total. The fraction of sp³-hybridized carbons (Fsp3) is 0.929. The molecule has 0 aromatic heterocycles. The standard InChI is InChI=1S/C14H24N2O/c17-14(10-5-7-15-8-6-10)16-13-9-11-3-1-2-4-12(11)13/h10-13,15H,1-9H2,(H,16,17). The monoisotopic (exact) mass is 236 g/mol. The van der Waals surface area contributed by atoms with Gasteiger partial charge in [0.05, 0.1) is 0 Å². The summed E-state index contributed by atoms with van der Waals surface area (Å²) in [5, 5.41) is 6.63. The Kier molecular flexibility index (Phi) is 3.37. The smallest absolute Gasteiger partial charge is 0.223 e. The molecule has 17 heavy (non-hydrogen) atoms. The second-order valence-electron chi connectivity index (χ2n) is 6.08. The Bertz CT molecular complexity index is 286. The van der Waals surface area contributed by atoms with Crippen LogP contribution in [-0.2, 0) is 4.79 Å². The average Bonchev–Trinajstić information content (AvgIpc) is 2.37. The summed E-state index contributed by atoms with van der Waals surface area (Å²) in [5.41, 5.74) is 0. The van der Waals surface area contributed by atoms with Gasteiger partial charge in [0.15, 0.2) is 0 Å². The van der Waals surface area contributed by atoms with Crippen molar-refractivity contribution in [2.24, 2.45) is 17.8 Å². The van der Waals surface area contributed by atoms with Crippen LogP contribution in [0.25, 0.3) is 0 Å². The molecular formula is C14H24N2O. The maximum Gasteiger partial charge on any atom is 0.223 e. The number of carbonyl (C=O) groups is 1.